The van der Waals surface area contributed by atoms with Crippen LogP contribution in [0.4, 0.5) is 11.4 Å². The lowest BCUT2D eigenvalue weighted by molar-refractivity contribution is 0.0951. The highest BCUT2D eigenvalue weighted by molar-refractivity contribution is 9.10. The van der Waals surface area contributed by atoms with Crippen molar-refractivity contribution < 1.29 is 13.6 Å². The van der Waals surface area contributed by atoms with Crippen LogP contribution in [0, 0.1) is 0 Å². The van der Waals surface area contributed by atoms with Crippen LogP contribution in [-0.2, 0) is 17.8 Å². The van der Waals surface area contributed by atoms with E-state index < -0.39 is 17.2 Å². The number of benzene rings is 3. The molecule has 0 aliphatic carbocycles. The fourth-order valence-electron chi connectivity index (χ4n) is 3.23. The Hall–Kier alpha value is -2.56. The summed E-state index contributed by atoms with van der Waals surface area (Å²) in [4.78, 5) is 21.6. The summed E-state index contributed by atoms with van der Waals surface area (Å²) in [7, 11) is 0. The van der Waals surface area contributed by atoms with Crippen LogP contribution < -0.4 is 9.62 Å². The topological polar surface area (TPSA) is 98.2 Å². The van der Waals surface area contributed by atoms with Crippen molar-refractivity contribution in [2.75, 3.05) is 4.31 Å². The summed E-state index contributed by atoms with van der Waals surface area (Å²) < 4.78 is 26.4. The maximum atomic E-state index is 13.1. The molecule has 1 heterocycles. The normalized spacial score (nSPS) is 11.9. The number of hydrogen-bond donors (Lipinski definition) is 1. The van der Waals surface area contributed by atoms with Crippen molar-refractivity contribution >= 4 is 78.7 Å². The molecule has 168 valence electrons. The van der Waals surface area contributed by atoms with Crippen LogP contribution in [0.1, 0.15) is 15.9 Å². The number of carbonyl (C=O) groups is 1. The number of nitrogens with one attached hydrogen (secondary N) is 1. The third-order valence-electron chi connectivity index (χ3n) is 4.72. The van der Waals surface area contributed by atoms with Gasteiger partial charge in [-0.25, -0.2) is 0 Å². The SMILES string of the molecule is O=C(NCc1ccc(Cl)cc1Cl)c1ccc(Br)cc1N(c1cccc2nccnc12)S(=O)[O-]. The van der Waals surface area contributed by atoms with E-state index in [0.29, 0.717) is 31.1 Å². The van der Waals surface area contributed by atoms with E-state index >= 15 is 0 Å². The Balaban J connectivity index is 1.74. The first-order valence-corrected chi connectivity index (χ1v) is 12.0. The third-order valence-corrected chi connectivity index (χ3v) is 6.49. The summed E-state index contributed by atoms with van der Waals surface area (Å²) in [5.41, 5.74) is 2.12. The molecular weight excluding hydrogens is 551 g/mol. The fourth-order valence-corrected chi connectivity index (χ4v) is 4.68. The van der Waals surface area contributed by atoms with Crippen molar-refractivity contribution in [3.63, 3.8) is 0 Å². The summed E-state index contributed by atoms with van der Waals surface area (Å²) in [5.74, 6) is -0.481. The minimum absolute atomic E-state index is 0.130. The van der Waals surface area contributed by atoms with Gasteiger partial charge in [-0.3, -0.25) is 23.3 Å². The smallest absolute Gasteiger partial charge is 0.253 e. The molecule has 1 aromatic heterocycles. The summed E-state index contributed by atoms with van der Waals surface area (Å²) in [6, 6.07) is 14.7. The van der Waals surface area contributed by atoms with Crippen LogP contribution in [0.25, 0.3) is 11.0 Å². The highest BCUT2D eigenvalue weighted by Gasteiger charge is 2.22. The zero-order chi connectivity index (χ0) is 23.5. The van der Waals surface area contributed by atoms with E-state index in [9.17, 15) is 13.6 Å². The second kappa shape index (κ2) is 10.1. The van der Waals surface area contributed by atoms with Gasteiger partial charge in [0.05, 0.1) is 33.7 Å². The number of aromatic nitrogens is 2. The summed E-state index contributed by atoms with van der Waals surface area (Å²) in [6.07, 6.45) is 2.99. The molecule has 0 saturated carbocycles. The molecule has 0 radical (unpaired) electrons. The van der Waals surface area contributed by atoms with Crippen molar-refractivity contribution in [2.45, 2.75) is 6.54 Å². The molecular formula is C22H14BrCl2N4O3S-. The number of rotatable bonds is 6. The summed E-state index contributed by atoms with van der Waals surface area (Å²) >= 11 is 12.7. The van der Waals surface area contributed by atoms with Gasteiger partial charge in [0.25, 0.3) is 5.91 Å². The van der Waals surface area contributed by atoms with Gasteiger partial charge in [0.1, 0.15) is 5.52 Å². The maximum absolute atomic E-state index is 13.1. The van der Waals surface area contributed by atoms with Gasteiger partial charge in [0.15, 0.2) is 0 Å². The van der Waals surface area contributed by atoms with Gasteiger partial charge in [0, 0.05) is 33.5 Å². The van der Waals surface area contributed by atoms with Crippen LogP contribution >= 0.6 is 39.1 Å². The zero-order valence-electron chi connectivity index (χ0n) is 16.7. The number of para-hydroxylation sites is 1. The molecule has 7 nitrogen and oxygen atoms in total. The van der Waals surface area contributed by atoms with Gasteiger partial charge in [-0.2, -0.15) is 0 Å². The first-order chi connectivity index (χ1) is 15.8. The molecule has 0 bridgehead atoms. The van der Waals surface area contributed by atoms with Gasteiger partial charge < -0.3 is 9.87 Å². The van der Waals surface area contributed by atoms with Gasteiger partial charge in [-0.15, -0.1) is 0 Å². The highest BCUT2D eigenvalue weighted by atomic mass is 79.9. The lowest BCUT2D eigenvalue weighted by Gasteiger charge is -2.29. The summed E-state index contributed by atoms with van der Waals surface area (Å²) in [5, 5.41) is 3.68. The highest BCUT2D eigenvalue weighted by Crippen LogP contribution is 2.35. The Morgan fingerprint density at radius 2 is 1.85 bits per heavy atom. The molecule has 0 fully saturated rings. The zero-order valence-corrected chi connectivity index (χ0v) is 20.6. The van der Waals surface area contributed by atoms with E-state index in [4.69, 9.17) is 23.2 Å². The number of anilines is 2. The monoisotopic (exact) mass is 563 g/mol. The molecule has 0 aliphatic rings. The molecule has 4 rings (SSSR count). The minimum atomic E-state index is -2.76. The Bertz CT molecular complexity index is 1380. The van der Waals surface area contributed by atoms with Crippen molar-refractivity contribution in [3.05, 3.63) is 92.6 Å². The number of carbonyl (C=O) groups excluding carboxylic acids is 1. The predicted octanol–water partition coefficient (Wildman–Crippen LogP) is 5.56. The molecule has 0 aliphatic heterocycles. The average Bonchev–Trinajstić information content (AvgIpc) is 2.78. The molecule has 1 N–H and O–H groups in total. The van der Waals surface area contributed by atoms with Gasteiger partial charge in [-0.1, -0.05) is 51.3 Å². The van der Waals surface area contributed by atoms with Crippen LogP contribution in [-0.4, -0.2) is 24.6 Å². The van der Waals surface area contributed by atoms with Crippen LogP contribution in [0.2, 0.25) is 10.0 Å². The second-order valence-electron chi connectivity index (χ2n) is 6.79. The van der Waals surface area contributed by atoms with Gasteiger partial charge in [-0.05, 0) is 48.0 Å². The number of fused-ring (bicyclic) bond motifs is 1. The fraction of sp³-hybridized carbons (Fsp3) is 0.0455. The van der Waals surface area contributed by atoms with E-state index in [0.717, 1.165) is 4.31 Å². The van der Waals surface area contributed by atoms with E-state index in [2.05, 4.69) is 31.2 Å². The number of amides is 1. The number of nitrogens with zero attached hydrogens (tertiary/aromatic N) is 3. The van der Waals surface area contributed by atoms with Crippen molar-refractivity contribution in [3.8, 4) is 0 Å². The second-order valence-corrected chi connectivity index (χ2v) is 9.35. The molecule has 3 aromatic carbocycles. The first-order valence-electron chi connectivity index (χ1n) is 9.46. The maximum Gasteiger partial charge on any atom is 0.253 e. The quantitative estimate of drug-likeness (QED) is 0.309. The Labute approximate surface area is 210 Å². The molecule has 1 unspecified atom stereocenters. The van der Waals surface area contributed by atoms with E-state index in [-0.39, 0.29) is 23.5 Å². The minimum Gasteiger partial charge on any atom is -0.755 e. The van der Waals surface area contributed by atoms with Crippen LogP contribution in [0.15, 0.2) is 71.5 Å². The number of halogens is 3. The van der Waals surface area contributed by atoms with Crippen molar-refractivity contribution in [1.29, 1.82) is 0 Å². The summed E-state index contributed by atoms with van der Waals surface area (Å²) in [6.45, 7) is 0.130. The molecule has 1 amide bonds. The molecule has 0 saturated heterocycles. The third kappa shape index (κ3) is 5.18. The molecule has 11 heteroatoms. The molecule has 0 spiro atoms. The van der Waals surface area contributed by atoms with Crippen LogP contribution in [0.3, 0.4) is 0 Å². The predicted molar refractivity (Wildman–Crippen MR) is 132 cm³/mol. The Morgan fingerprint density at radius 3 is 2.61 bits per heavy atom. The lowest BCUT2D eigenvalue weighted by atomic mass is 10.1. The average molecular weight is 565 g/mol. The van der Waals surface area contributed by atoms with Crippen LogP contribution in [0.5, 0.6) is 0 Å². The molecule has 1 atom stereocenters. The van der Waals surface area contributed by atoms with E-state index in [1.165, 1.54) is 18.5 Å². The first kappa shape index (κ1) is 23.6. The standard InChI is InChI=1S/C22H15BrCl2N4O3S/c23-14-5-7-16(22(30)28-12-13-4-6-15(24)11-17(13)25)20(10-14)29(33(31)32)19-3-1-2-18-21(19)27-9-8-26-18/h1-11H,12H2,(H,28,30)(H,31,32)/p-1. The van der Waals surface area contributed by atoms with Crippen molar-refractivity contribution in [2.24, 2.45) is 0 Å². The molecule has 33 heavy (non-hydrogen) atoms. The van der Waals surface area contributed by atoms with E-state index in [1.54, 1.807) is 48.5 Å². The number of hydrogen-bond acceptors (Lipinski definition) is 5. The largest absolute Gasteiger partial charge is 0.755 e. The van der Waals surface area contributed by atoms with Gasteiger partial charge >= 0.3 is 0 Å². The van der Waals surface area contributed by atoms with Crippen molar-refractivity contribution in [1.82, 2.24) is 15.3 Å². The van der Waals surface area contributed by atoms with Gasteiger partial charge in [0.2, 0.25) is 0 Å². The molecule has 4 aromatic rings. The lowest BCUT2D eigenvalue weighted by Crippen LogP contribution is -2.27. The Morgan fingerprint density at radius 1 is 1.06 bits per heavy atom. The van der Waals surface area contributed by atoms with E-state index in [1.807, 2.05) is 0 Å². The Kier molecular flexibility index (Phi) is 7.26.